The van der Waals surface area contributed by atoms with Gasteiger partial charge in [0, 0.05) is 15.6 Å². The van der Waals surface area contributed by atoms with E-state index in [0.29, 0.717) is 12.8 Å². The average molecular weight is 346 g/mol. The molecule has 21 heavy (non-hydrogen) atoms. The van der Waals surface area contributed by atoms with Crippen molar-refractivity contribution >= 4 is 38.8 Å². The van der Waals surface area contributed by atoms with Crippen molar-refractivity contribution < 1.29 is 13.2 Å². The lowest BCUT2D eigenvalue weighted by molar-refractivity contribution is -0.119. The Kier molecular flexibility index (Phi) is 4.92. The molecule has 0 spiro atoms. The van der Waals surface area contributed by atoms with Crippen LogP contribution in [-0.4, -0.2) is 25.2 Å². The molecule has 2 unspecified atom stereocenters. The Morgan fingerprint density at radius 2 is 1.90 bits per heavy atom. The monoisotopic (exact) mass is 345 g/mol. The summed E-state index contributed by atoms with van der Waals surface area (Å²) in [6, 6.07) is 6.50. The number of carbonyl (C=O) groups excluding carboxylic acids is 1. The summed E-state index contributed by atoms with van der Waals surface area (Å²) in [5.41, 5.74) is 0.189. The number of carbonyl (C=O) groups is 1. The highest BCUT2D eigenvalue weighted by molar-refractivity contribution is 7.92. The van der Waals surface area contributed by atoms with Crippen LogP contribution >= 0.6 is 23.2 Å². The number of hydrogen-bond acceptors (Lipinski definition) is 4. The van der Waals surface area contributed by atoms with Gasteiger partial charge < -0.3 is 0 Å². The first-order valence-electron chi connectivity index (χ1n) is 6.47. The zero-order valence-corrected chi connectivity index (χ0v) is 13.4. The molecule has 0 aromatic heterocycles. The summed E-state index contributed by atoms with van der Waals surface area (Å²) in [6.07, 6.45) is 1.46. The second-order valence-corrected chi connectivity index (χ2v) is 8.07. The van der Waals surface area contributed by atoms with Crippen molar-refractivity contribution in [1.29, 1.82) is 5.26 Å². The molecule has 0 bridgehead atoms. The van der Waals surface area contributed by atoms with E-state index < -0.39 is 26.8 Å². The van der Waals surface area contributed by atoms with Gasteiger partial charge in [-0.15, -0.1) is 0 Å². The summed E-state index contributed by atoms with van der Waals surface area (Å²) in [4.78, 5) is 12.5. The minimum atomic E-state index is -3.50. The second kappa shape index (κ2) is 6.35. The lowest BCUT2D eigenvalue weighted by Crippen LogP contribution is -2.38. The van der Waals surface area contributed by atoms with E-state index >= 15 is 0 Å². The maximum atomic E-state index is 12.5. The van der Waals surface area contributed by atoms with Gasteiger partial charge in [-0.05, 0) is 25.0 Å². The Hall–Kier alpha value is -1.09. The van der Waals surface area contributed by atoms with Gasteiger partial charge in [0.2, 0.25) is 0 Å². The summed E-state index contributed by atoms with van der Waals surface area (Å²) < 4.78 is 24.1. The molecule has 1 fully saturated rings. The Morgan fingerprint density at radius 1 is 1.29 bits per heavy atom. The standard InChI is InChI=1S/C14H13Cl2NO3S/c15-10-4-3-5-11(16)13(10)9(8-17)14(18)12-6-1-2-7-21(12,19)20/h3-5,9,12H,1-2,6-7H2. The van der Waals surface area contributed by atoms with Crippen molar-refractivity contribution in [2.24, 2.45) is 0 Å². The van der Waals surface area contributed by atoms with Gasteiger partial charge >= 0.3 is 0 Å². The number of Topliss-reactive ketones (excluding diaryl/α,β-unsaturated/α-hetero) is 1. The van der Waals surface area contributed by atoms with Gasteiger partial charge in [-0.2, -0.15) is 5.26 Å². The molecule has 2 rings (SSSR count). The zero-order chi connectivity index (χ0) is 15.6. The first-order chi connectivity index (χ1) is 9.88. The van der Waals surface area contributed by atoms with E-state index in [1.807, 2.05) is 6.07 Å². The third kappa shape index (κ3) is 3.23. The molecule has 112 valence electrons. The summed E-state index contributed by atoms with van der Waals surface area (Å²) in [5, 5.41) is 8.56. The molecule has 1 aliphatic heterocycles. The van der Waals surface area contributed by atoms with Gasteiger partial charge in [-0.25, -0.2) is 8.42 Å². The van der Waals surface area contributed by atoms with Crippen molar-refractivity contribution in [2.75, 3.05) is 5.75 Å². The van der Waals surface area contributed by atoms with E-state index in [9.17, 15) is 18.5 Å². The van der Waals surface area contributed by atoms with Crippen LogP contribution in [0, 0.1) is 11.3 Å². The number of halogens is 2. The summed E-state index contributed by atoms with van der Waals surface area (Å²) in [7, 11) is -3.50. The van der Waals surface area contributed by atoms with Crippen LogP contribution in [-0.2, 0) is 14.6 Å². The molecular weight excluding hydrogens is 333 g/mol. The lowest BCUT2D eigenvalue weighted by Gasteiger charge is -2.23. The highest BCUT2D eigenvalue weighted by Gasteiger charge is 2.40. The molecule has 0 N–H and O–H groups in total. The number of nitriles is 1. The Balaban J connectivity index is 2.43. The molecule has 1 saturated heterocycles. The predicted molar refractivity (Wildman–Crippen MR) is 81.2 cm³/mol. The zero-order valence-electron chi connectivity index (χ0n) is 11.1. The van der Waals surface area contributed by atoms with E-state index in [4.69, 9.17) is 23.2 Å². The van der Waals surface area contributed by atoms with Crippen molar-refractivity contribution in [2.45, 2.75) is 30.4 Å². The number of nitrogens with zero attached hydrogens (tertiary/aromatic N) is 1. The summed E-state index contributed by atoms with van der Waals surface area (Å²) in [5.74, 6) is -1.91. The van der Waals surface area contributed by atoms with Gasteiger partial charge in [0.15, 0.2) is 15.6 Å². The third-order valence-corrected chi connectivity index (χ3v) is 6.45. The first kappa shape index (κ1) is 16.3. The molecule has 1 aromatic rings. The fourth-order valence-electron chi connectivity index (χ4n) is 2.52. The second-order valence-electron chi connectivity index (χ2n) is 4.95. The molecule has 1 aromatic carbocycles. The van der Waals surface area contributed by atoms with Gasteiger partial charge in [0.1, 0.15) is 11.2 Å². The SMILES string of the molecule is N#CC(C(=O)C1CCCCS1(=O)=O)c1c(Cl)cccc1Cl. The number of benzene rings is 1. The van der Waals surface area contributed by atoms with E-state index in [2.05, 4.69) is 0 Å². The van der Waals surface area contributed by atoms with Crippen LogP contribution < -0.4 is 0 Å². The van der Waals surface area contributed by atoms with Gasteiger partial charge in [0.25, 0.3) is 0 Å². The maximum absolute atomic E-state index is 12.5. The van der Waals surface area contributed by atoms with Gasteiger partial charge in [0.05, 0.1) is 11.8 Å². The highest BCUT2D eigenvalue weighted by atomic mass is 35.5. The van der Waals surface area contributed by atoms with E-state index in [-0.39, 0.29) is 27.8 Å². The summed E-state index contributed by atoms with van der Waals surface area (Å²) >= 11 is 12.0. The Labute approximate surface area is 133 Å². The van der Waals surface area contributed by atoms with Crippen LogP contribution in [0.3, 0.4) is 0 Å². The molecule has 0 saturated carbocycles. The molecule has 0 amide bonds. The topological polar surface area (TPSA) is 75.0 Å². The van der Waals surface area contributed by atoms with E-state index in [0.717, 1.165) is 0 Å². The molecular formula is C14H13Cl2NO3S. The fourth-order valence-corrected chi connectivity index (χ4v) is 5.04. The molecule has 0 radical (unpaired) electrons. The highest BCUT2D eigenvalue weighted by Crippen LogP contribution is 2.34. The quantitative estimate of drug-likeness (QED) is 0.843. The minimum absolute atomic E-state index is 0.0161. The largest absolute Gasteiger partial charge is 0.296 e. The van der Waals surface area contributed by atoms with Crippen molar-refractivity contribution in [3.05, 3.63) is 33.8 Å². The van der Waals surface area contributed by atoms with Crippen LogP contribution in [0.4, 0.5) is 0 Å². The number of ketones is 1. The minimum Gasteiger partial charge on any atom is -0.296 e. The van der Waals surface area contributed by atoms with Crippen molar-refractivity contribution in [3.8, 4) is 6.07 Å². The lowest BCUT2D eigenvalue weighted by atomic mass is 9.92. The normalized spacial score (nSPS) is 22.2. The predicted octanol–water partition coefficient (Wildman–Crippen LogP) is 3.14. The molecule has 7 heteroatoms. The van der Waals surface area contributed by atoms with Gasteiger partial charge in [-0.1, -0.05) is 35.7 Å². The molecule has 0 aliphatic carbocycles. The molecule has 1 heterocycles. The van der Waals surface area contributed by atoms with Crippen LogP contribution in [0.1, 0.15) is 30.7 Å². The van der Waals surface area contributed by atoms with Crippen LogP contribution in [0.25, 0.3) is 0 Å². The average Bonchev–Trinajstić information content (AvgIpc) is 2.42. The number of rotatable bonds is 3. The summed E-state index contributed by atoms with van der Waals surface area (Å²) in [6.45, 7) is 0. The fraction of sp³-hybridized carbons (Fsp3) is 0.429. The van der Waals surface area contributed by atoms with Crippen molar-refractivity contribution in [1.82, 2.24) is 0 Å². The van der Waals surface area contributed by atoms with Crippen LogP contribution in [0.15, 0.2) is 18.2 Å². The van der Waals surface area contributed by atoms with Gasteiger partial charge in [-0.3, -0.25) is 4.79 Å². The molecule has 4 nitrogen and oxygen atoms in total. The molecule has 2 atom stereocenters. The van der Waals surface area contributed by atoms with E-state index in [1.165, 1.54) is 12.1 Å². The Morgan fingerprint density at radius 3 is 2.43 bits per heavy atom. The molecule has 1 aliphatic rings. The maximum Gasteiger partial charge on any atom is 0.172 e. The Bertz CT molecular complexity index is 689. The third-order valence-electron chi connectivity index (χ3n) is 3.60. The number of hydrogen-bond donors (Lipinski definition) is 0. The smallest absolute Gasteiger partial charge is 0.172 e. The van der Waals surface area contributed by atoms with Crippen molar-refractivity contribution in [3.63, 3.8) is 0 Å². The van der Waals surface area contributed by atoms with Crippen LogP contribution in [0.5, 0.6) is 0 Å². The number of sulfone groups is 1. The van der Waals surface area contributed by atoms with E-state index in [1.54, 1.807) is 6.07 Å². The first-order valence-corrected chi connectivity index (χ1v) is 8.94. The van der Waals surface area contributed by atoms with Crippen LogP contribution in [0.2, 0.25) is 10.0 Å².